The summed E-state index contributed by atoms with van der Waals surface area (Å²) < 4.78 is 42.8. The number of aromatic nitrogens is 2. The molecular formula is C12H13F3N2O2. The van der Waals surface area contributed by atoms with Gasteiger partial charge in [0, 0.05) is 30.8 Å². The summed E-state index contributed by atoms with van der Waals surface area (Å²) >= 11 is 0. The number of ether oxygens (including phenoxy) is 1. The van der Waals surface area contributed by atoms with Gasteiger partial charge in [-0.2, -0.15) is 13.2 Å². The summed E-state index contributed by atoms with van der Waals surface area (Å²) in [5, 5.41) is 10.6. The maximum atomic E-state index is 12.4. The highest BCUT2D eigenvalue weighted by atomic mass is 19.4. The molecule has 7 heteroatoms. The Labute approximate surface area is 107 Å². The number of fused-ring (bicyclic) bond motifs is 2. The highest BCUT2D eigenvalue weighted by molar-refractivity contribution is 5.18. The first-order valence-corrected chi connectivity index (χ1v) is 6.14. The van der Waals surface area contributed by atoms with Gasteiger partial charge in [-0.15, -0.1) is 0 Å². The standard InChI is InChI=1S/C12H13F3N2O2/c13-12(14,15)10-16-5-7(6-17-10)11(18)3-8-1-2-9(4-11)19-8/h5-6,8-9,18H,1-4H2. The summed E-state index contributed by atoms with van der Waals surface area (Å²) in [6.45, 7) is 0. The van der Waals surface area contributed by atoms with E-state index in [1.165, 1.54) is 0 Å². The van der Waals surface area contributed by atoms with E-state index in [0.717, 1.165) is 25.2 Å². The Kier molecular flexibility index (Phi) is 2.79. The van der Waals surface area contributed by atoms with Crippen molar-refractivity contribution in [3.63, 3.8) is 0 Å². The van der Waals surface area contributed by atoms with Crippen LogP contribution in [0.15, 0.2) is 12.4 Å². The maximum absolute atomic E-state index is 12.4. The molecule has 2 saturated heterocycles. The van der Waals surface area contributed by atoms with Gasteiger partial charge in [-0.3, -0.25) is 0 Å². The zero-order chi connectivity index (χ0) is 13.7. The minimum absolute atomic E-state index is 0.0222. The molecule has 0 amide bonds. The molecule has 3 rings (SSSR count). The van der Waals surface area contributed by atoms with E-state index in [1.54, 1.807) is 0 Å². The van der Waals surface area contributed by atoms with Gasteiger partial charge >= 0.3 is 6.18 Å². The van der Waals surface area contributed by atoms with Crippen LogP contribution in [0.4, 0.5) is 13.2 Å². The average molecular weight is 274 g/mol. The highest BCUT2D eigenvalue weighted by Gasteiger charge is 2.45. The molecule has 104 valence electrons. The Morgan fingerprint density at radius 3 is 2.16 bits per heavy atom. The Hall–Kier alpha value is -1.21. The predicted molar refractivity (Wildman–Crippen MR) is 58.1 cm³/mol. The summed E-state index contributed by atoms with van der Waals surface area (Å²) in [5.41, 5.74) is -0.838. The maximum Gasteiger partial charge on any atom is 0.451 e. The van der Waals surface area contributed by atoms with E-state index in [9.17, 15) is 18.3 Å². The van der Waals surface area contributed by atoms with E-state index >= 15 is 0 Å². The molecule has 2 unspecified atom stereocenters. The van der Waals surface area contributed by atoms with Gasteiger partial charge in [0.2, 0.25) is 5.82 Å². The Morgan fingerprint density at radius 1 is 1.16 bits per heavy atom. The molecule has 0 aliphatic carbocycles. The third-order valence-corrected chi connectivity index (χ3v) is 3.77. The second-order valence-electron chi connectivity index (χ2n) is 5.19. The minimum Gasteiger partial charge on any atom is -0.385 e. The number of alkyl halides is 3. The molecule has 2 fully saturated rings. The van der Waals surface area contributed by atoms with Gasteiger partial charge in [0.25, 0.3) is 0 Å². The minimum atomic E-state index is -4.56. The van der Waals surface area contributed by atoms with Crippen molar-refractivity contribution in [3.8, 4) is 0 Å². The number of halogens is 3. The summed E-state index contributed by atoms with van der Waals surface area (Å²) in [4.78, 5) is 6.61. The van der Waals surface area contributed by atoms with Crippen LogP contribution in [-0.4, -0.2) is 27.3 Å². The molecule has 0 saturated carbocycles. The van der Waals surface area contributed by atoms with Gasteiger partial charge in [-0.25, -0.2) is 9.97 Å². The number of rotatable bonds is 1. The predicted octanol–water partition coefficient (Wildman–Crippen LogP) is 2.02. The van der Waals surface area contributed by atoms with Crippen LogP contribution in [0, 0.1) is 0 Å². The van der Waals surface area contributed by atoms with Gasteiger partial charge in [0.15, 0.2) is 0 Å². The lowest BCUT2D eigenvalue weighted by Gasteiger charge is -2.36. The first-order chi connectivity index (χ1) is 8.87. The lowest BCUT2D eigenvalue weighted by atomic mass is 9.85. The highest BCUT2D eigenvalue weighted by Crippen LogP contribution is 2.43. The zero-order valence-corrected chi connectivity index (χ0v) is 10.0. The molecule has 2 aliphatic heterocycles. The number of aliphatic hydroxyl groups is 1. The van der Waals surface area contributed by atoms with E-state index < -0.39 is 17.6 Å². The lowest BCUT2D eigenvalue weighted by Crippen LogP contribution is -2.39. The van der Waals surface area contributed by atoms with E-state index in [-0.39, 0.29) is 12.2 Å². The zero-order valence-electron chi connectivity index (χ0n) is 10.0. The van der Waals surface area contributed by atoms with Crippen LogP contribution >= 0.6 is 0 Å². The van der Waals surface area contributed by atoms with Crippen LogP contribution in [0.5, 0.6) is 0 Å². The van der Waals surface area contributed by atoms with Gasteiger partial charge in [-0.1, -0.05) is 0 Å². The second kappa shape index (κ2) is 4.14. The fourth-order valence-electron chi connectivity index (χ4n) is 2.87. The number of nitrogens with zero attached hydrogens (tertiary/aromatic N) is 2. The normalized spacial score (nSPS) is 34.5. The summed E-state index contributed by atoms with van der Waals surface area (Å²) in [6.07, 6.45) is 0.0771. The topological polar surface area (TPSA) is 55.2 Å². The van der Waals surface area contributed by atoms with Crippen molar-refractivity contribution in [1.82, 2.24) is 9.97 Å². The largest absolute Gasteiger partial charge is 0.451 e. The van der Waals surface area contributed by atoms with Gasteiger partial charge in [0.05, 0.1) is 17.8 Å². The summed E-state index contributed by atoms with van der Waals surface area (Å²) in [7, 11) is 0. The fourth-order valence-corrected chi connectivity index (χ4v) is 2.87. The van der Waals surface area contributed by atoms with Crippen molar-refractivity contribution in [2.45, 2.75) is 49.7 Å². The Morgan fingerprint density at radius 2 is 1.68 bits per heavy atom. The van der Waals surface area contributed by atoms with Crippen LogP contribution in [0.3, 0.4) is 0 Å². The smallest absolute Gasteiger partial charge is 0.385 e. The first kappa shape index (κ1) is 12.8. The molecule has 2 bridgehead atoms. The molecule has 2 aliphatic rings. The molecule has 1 aromatic heterocycles. The number of hydrogen-bond acceptors (Lipinski definition) is 4. The van der Waals surface area contributed by atoms with Crippen LogP contribution in [0.2, 0.25) is 0 Å². The second-order valence-corrected chi connectivity index (χ2v) is 5.19. The Bertz CT molecular complexity index is 463. The van der Waals surface area contributed by atoms with Crippen molar-refractivity contribution >= 4 is 0 Å². The average Bonchev–Trinajstić information content (AvgIpc) is 2.68. The lowest BCUT2D eigenvalue weighted by molar-refractivity contribution is -0.145. The molecule has 0 radical (unpaired) electrons. The summed E-state index contributed by atoms with van der Waals surface area (Å²) in [5.74, 6) is -1.19. The monoisotopic (exact) mass is 274 g/mol. The van der Waals surface area contributed by atoms with E-state index in [2.05, 4.69) is 9.97 Å². The van der Waals surface area contributed by atoms with Crippen molar-refractivity contribution in [2.75, 3.05) is 0 Å². The SMILES string of the molecule is OC1(c2cnc(C(F)(F)F)nc2)CC2CCC(C1)O2. The fraction of sp³-hybridized carbons (Fsp3) is 0.667. The van der Waals surface area contributed by atoms with Gasteiger partial charge in [0.1, 0.15) is 0 Å². The van der Waals surface area contributed by atoms with Crippen LogP contribution < -0.4 is 0 Å². The van der Waals surface area contributed by atoms with Crippen LogP contribution in [-0.2, 0) is 16.5 Å². The molecule has 2 atom stereocenters. The van der Waals surface area contributed by atoms with Crippen molar-refractivity contribution < 1.29 is 23.0 Å². The van der Waals surface area contributed by atoms with Crippen LogP contribution in [0.1, 0.15) is 37.1 Å². The quantitative estimate of drug-likeness (QED) is 0.851. The van der Waals surface area contributed by atoms with E-state index in [1.807, 2.05) is 0 Å². The van der Waals surface area contributed by atoms with Crippen molar-refractivity contribution in [3.05, 3.63) is 23.8 Å². The first-order valence-electron chi connectivity index (χ1n) is 6.14. The van der Waals surface area contributed by atoms with Gasteiger partial charge < -0.3 is 9.84 Å². The summed E-state index contributed by atoms with van der Waals surface area (Å²) in [6, 6.07) is 0. The third kappa shape index (κ3) is 2.32. The van der Waals surface area contributed by atoms with Crippen LogP contribution in [0.25, 0.3) is 0 Å². The van der Waals surface area contributed by atoms with E-state index in [0.29, 0.717) is 18.4 Å². The van der Waals surface area contributed by atoms with E-state index in [4.69, 9.17) is 4.74 Å². The Balaban J connectivity index is 1.86. The van der Waals surface area contributed by atoms with Crippen molar-refractivity contribution in [1.29, 1.82) is 0 Å². The molecule has 1 N–H and O–H groups in total. The molecular weight excluding hydrogens is 261 g/mol. The molecule has 0 aromatic carbocycles. The molecule has 19 heavy (non-hydrogen) atoms. The van der Waals surface area contributed by atoms with Crippen molar-refractivity contribution in [2.24, 2.45) is 0 Å². The molecule has 0 spiro atoms. The number of hydrogen-bond donors (Lipinski definition) is 1. The molecule has 1 aromatic rings. The third-order valence-electron chi connectivity index (χ3n) is 3.77. The molecule has 3 heterocycles. The van der Waals surface area contributed by atoms with Gasteiger partial charge in [-0.05, 0) is 12.8 Å². The molecule has 4 nitrogen and oxygen atoms in total.